The third-order valence-corrected chi connectivity index (χ3v) is 4.48. The number of alkyl halides is 1. The van der Waals surface area contributed by atoms with Crippen molar-refractivity contribution in [3.05, 3.63) is 71.5 Å². The van der Waals surface area contributed by atoms with Gasteiger partial charge in [0.25, 0.3) is 0 Å². The lowest BCUT2D eigenvalue weighted by atomic mass is 10.1. The fourth-order valence-corrected chi connectivity index (χ4v) is 2.83. The molecular formula is C26H29FO7. The van der Waals surface area contributed by atoms with Crippen molar-refractivity contribution >= 4 is 17.9 Å². The molecule has 0 atom stereocenters. The molecule has 0 spiro atoms. The van der Waals surface area contributed by atoms with E-state index in [0.717, 1.165) is 11.6 Å². The summed E-state index contributed by atoms with van der Waals surface area (Å²) in [6.07, 6.45) is 7.11. The molecule has 0 unspecified atom stereocenters. The molecular weight excluding hydrogens is 443 g/mol. The molecule has 1 N–H and O–H groups in total. The fourth-order valence-electron chi connectivity index (χ4n) is 2.83. The third-order valence-electron chi connectivity index (χ3n) is 4.48. The number of carbonyl (C=O) groups excluding carboxylic acids is 1. The molecule has 0 saturated carbocycles. The smallest absolute Gasteiger partial charge is 0.182 e. The zero-order valence-electron chi connectivity index (χ0n) is 19.5. The Morgan fingerprint density at radius 3 is 2.03 bits per heavy atom. The second-order valence-electron chi connectivity index (χ2n) is 6.81. The largest absolute Gasteiger partial charge is 0.508 e. The molecule has 0 aromatic heterocycles. The van der Waals surface area contributed by atoms with E-state index in [-0.39, 0.29) is 25.6 Å². The number of halogens is 1. The first kappa shape index (κ1) is 26.5. The summed E-state index contributed by atoms with van der Waals surface area (Å²) in [5.74, 6) is 1.56. The van der Waals surface area contributed by atoms with Gasteiger partial charge < -0.3 is 28.8 Å². The van der Waals surface area contributed by atoms with Gasteiger partial charge in [-0.3, -0.25) is 4.79 Å². The first-order chi connectivity index (χ1) is 16.5. The minimum atomic E-state index is -0.537. The van der Waals surface area contributed by atoms with Crippen molar-refractivity contribution in [3.8, 4) is 23.0 Å². The third kappa shape index (κ3) is 8.63. The number of aliphatic hydroxyl groups excluding tert-OH is 1. The first-order valence-corrected chi connectivity index (χ1v) is 10.5. The molecule has 7 nitrogen and oxygen atoms in total. The highest BCUT2D eigenvalue weighted by Crippen LogP contribution is 2.29. The van der Waals surface area contributed by atoms with Crippen LogP contribution in [0.2, 0.25) is 0 Å². The molecule has 0 aliphatic heterocycles. The number of benzene rings is 2. The van der Waals surface area contributed by atoms with Crippen LogP contribution in [0.15, 0.2) is 60.4 Å². The SMILES string of the molecule is COc1ccc(/C=C/C(O)=C/C(=O)/C=C/c2ccc(OCCOCCF)c(OC)c2)cc1OC. The summed E-state index contributed by atoms with van der Waals surface area (Å²) < 4.78 is 38.4. The van der Waals surface area contributed by atoms with Gasteiger partial charge in [-0.1, -0.05) is 24.3 Å². The number of allylic oxidation sites excluding steroid dienone is 3. The van der Waals surface area contributed by atoms with E-state index in [1.807, 2.05) is 0 Å². The number of ether oxygens (including phenoxy) is 5. The maximum atomic E-state index is 12.2. The molecule has 8 heteroatoms. The molecule has 0 amide bonds. The summed E-state index contributed by atoms with van der Waals surface area (Å²) >= 11 is 0. The van der Waals surface area contributed by atoms with Crippen LogP contribution in [0.25, 0.3) is 12.2 Å². The average molecular weight is 473 g/mol. The number of hydrogen-bond donors (Lipinski definition) is 1. The molecule has 34 heavy (non-hydrogen) atoms. The van der Waals surface area contributed by atoms with Gasteiger partial charge in [0.15, 0.2) is 28.8 Å². The van der Waals surface area contributed by atoms with Gasteiger partial charge in [-0.05, 0) is 47.5 Å². The van der Waals surface area contributed by atoms with Gasteiger partial charge in [-0.25, -0.2) is 4.39 Å². The van der Waals surface area contributed by atoms with Crippen LogP contribution in [-0.4, -0.2) is 58.7 Å². The lowest BCUT2D eigenvalue weighted by Crippen LogP contribution is -2.08. The highest BCUT2D eigenvalue weighted by molar-refractivity contribution is 6.02. The van der Waals surface area contributed by atoms with Crippen molar-refractivity contribution < 1.29 is 38.0 Å². The lowest BCUT2D eigenvalue weighted by Gasteiger charge is -2.11. The summed E-state index contributed by atoms with van der Waals surface area (Å²) in [5, 5.41) is 10.1. The topological polar surface area (TPSA) is 83.5 Å². The molecule has 2 rings (SSSR count). The Labute approximate surface area is 198 Å². The normalized spacial score (nSPS) is 11.7. The summed E-state index contributed by atoms with van der Waals surface area (Å²) in [6, 6.07) is 10.5. The van der Waals surface area contributed by atoms with Gasteiger partial charge in [0, 0.05) is 6.08 Å². The van der Waals surface area contributed by atoms with E-state index in [1.54, 1.807) is 55.7 Å². The predicted octanol–water partition coefficient (Wildman–Crippen LogP) is 4.81. The maximum absolute atomic E-state index is 12.2. The van der Waals surface area contributed by atoms with Crippen LogP contribution in [0.1, 0.15) is 11.1 Å². The van der Waals surface area contributed by atoms with Gasteiger partial charge in [-0.2, -0.15) is 0 Å². The van der Waals surface area contributed by atoms with Crippen molar-refractivity contribution in [2.24, 2.45) is 0 Å². The van der Waals surface area contributed by atoms with E-state index in [9.17, 15) is 14.3 Å². The van der Waals surface area contributed by atoms with Crippen molar-refractivity contribution in [1.29, 1.82) is 0 Å². The van der Waals surface area contributed by atoms with Crippen molar-refractivity contribution in [2.75, 3.05) is 47.8 Å². The molecule has 182 valence electrons. The van der Waals surface area contributed by atoms with E-state index in [0.29, 0.717) is 28.6 Å². The van der Waals surface area contributed by atoms with E-state index < -0.39 is 12.5 Å². The van der Waals surface area contributed by atoms with Crippen LogP contribution in [-0.2, 0) is 9.53 Å². The molecule has 0 saturated heterocycles. The Balaban J connectivity index is 1.98. The number of ketones is 1. The number of methoxy groups -OCH3 is 3. The van der Waals surface area contributed by atoms with E-state index in [2.05, 4.69) is 0 Å². The molecule has 0 aliphatic rings. The number of rotatable bonds is 14. The number of carbonyl (C=O) groups is 1. The van der Waals surface area contributed by atoms with Crippen LogP contribution in [0.3, 0.4) is 0 Å². The molecule has 0 heterocycles. The zero-order valence-corrected chi connectivity index (χ0v) is 19.5. The van der Waals surface area contributed by atoms with Crippen LogP contribution in [0.4, 0.5) is 4.39 Å². The van der Waals surface area contributed by atoms with Crippen LogP contribution in [0, 0.1) is 0 Å². The number of hydrogen-bond acceptors (Lipinski definition) is 7. The first-order valence-electron chi connectivity index (χ1n) is 10.5. The van der Waals surface area contributed by atoms with Crippen LogP contribution >= 0.6 is 0 Å². The molecule has 0 radical (unpaired) electrons. The van der Waals surface area contributed by atoms with Crippen LogP contribution < -0.4 is 18.9 Å². The summed E-state index contributed by atoms with van der Waals surface area (Å²) in [4.78, 5) is 12.2. The van der Waals surface area contributed by atoms with Crippen molar-refractivity contribution in [3.63, 3.8) is 0 Å². The summed E-state index contributed by atoms with van der Waals surface area (Å²) in [6.45, 7) is 0.0168. The van der Waals surface area contributed by atoms with Gasteiger partial charge in [0.05, 0.1) is 34.5 Å². The summed E-state index contributed by atoms with van der Waals surface area (Å²) in [7, 11) is 4.59. The molecule has 2 aromatic rings. The Hall–Kier alpha value is -3.78. The van der Waals surface area contributed by atoms with Gasteiger partial charge in [0.1, 0.15) is 19.0 Å². The lowest BCUT2D eigenvalue weighted by molar-refractivity contribution is -0.110. The van der Waals surface area contributed by atoms with Crippen molar-refractivity contribution in [2.45, 2.75) is 0 Å². The van der Waals surface area contributed by atoms with Gasteiger partial charge in [0.2, 0.25) is 0 Å². The Kier molecular flexibility index (Phi) is 11.2. The van der Waals surface area contributed by atoms with E-state index in [4.69, 9.17) is 23.7 Å². The Morgan fingerprint density at radius 2 is 1.41 bits per heavy atom. The fraction of sp³-hybridized carbons (Fsp3) is 0.269. The molecule has 0 bridgehead atoms. The monoisotopic (exact) mass is 472 g/mol. The van der Waals surface area contributed by atoms with E-state index >= 15 is 0 Å². The highest BCUT2D eigenvalue weighted by atomic mass is 19.1. The Morgan fingerprint density at radius 1 is 0.824 bits per heavy atom. The molecule has 0 fully saturated rings. The zero-order chi connectivity index (χ0) is 24.8. The second kappa shape index (κ2) is 14.4. The number of aliphatic hydroxyl groups is 1. The Bertz CT molecular complexity index is 1030. The van der Waals surface area contributed by atoms with Crippen molar-refractivity contribution in [1.82, 2.24) is 0 Å². The molecule has 0 aliphatic carbocycles. The van der Waals surface area contributed by atoms with Gasteiger partial charge >= 0.3 is 0 Å². The predicted molar refractivity (Wildman–Crippen MR) is 129 cm³/mol. The standard InChI is InChI=1S/C26H29FO7/c1-30-23-10-6-19(16-25(23)31-2)4-8-21(28)18-22(29)9-5-20-7-11-24(26(17-20)32-3)34-15-14-33-13-12-27/h4-11,16-18,28H,12-15H2,1-3H3/b8-4+,9-5+,21-18-. The molecule has 2 aromatic carbocycles. The minimum Gasteiger partial charge on any atom is -0.508 e. The van der Waals surface area contributed by atoms with Crippen LogP contribution in [0.5, 0.6) is 23.0 Å². The highest BCUT2D eigenvalue weighted by Gasteiger charge is 2.06. The quantitative estimate of drug-likeness (QED) is 0.183. The summed E-state index contributed by atoms with van der Waals surface area (Å²) in [5.41, 5.74) is 1.48. The minimum absolute atomic E-state index is 0.0360. The van der Waals surface area contributed by atoms with Gasteiger partial charge in [-0.15, -0.1) is 0 Å². The average Bonchev–Trinajstić information content (AvgIpc) is 2.86. The maximum Gasteiger partial charge on any atom is 0.182 e. The second-order valence-corrected chi connectivity index (χ2v) is 6.81. The van der Waals surface area contributed by atoms with E-state index in [1.165, 1.54) is 26.4 Å².